The van der Waals surface area contributed by atoms with Gasteiger partial charge in [0.15, 0.2) is 0 Å². The van der Waals surface area contributed by atoms with Crippen LogP contribution in [0.3, 0.4) is 0 Å². The van der Waals surface area contributed by atoms with Gasteiger partial charge in [-0.1, -0.05) is 25.4 Å². The maximum absolute atomic E-state index is 6.41. The first-order valence-corrected chi connectivity index (χ1v) is 7.25. The molecule has 1 unspecified atom stereocenters. The first kappa shape index (κ1) is 14.9. The van der Waals surface area contributed by atoms with E-state index >= 15 is 0 Å². The van der Waals surface area contributed by atoms with Crippen molar-refractivity contribution in [3.8, 4) is 0 Å². The van der Waals surface area contributed by atoms with E-state index in [9.17, 15) is 0 Å². The number of nitrogens with one attached hydrogen (secondary N) is 1. The topological polar surface area (TPSA) is 55.6 Å². The number of hydrogen-bond donors (Lipinski definition) is 1. The van der Waals surface area contributed by atoms with Gasteiger partial charge in [-0.25, -0.2) is 9.97 Å². The Morgan fingerprint density at radius 2 is 2.00 bits per heavy atom. The number of likely N-dealkylation sites (N-methyl/N-ethyl adjacent to an activating group) is 1. The molecule has 2 rings (SSSR count). The first-order valence-electron chi connectivity index (χ1n) is 6.87. The Balaban J connectivity index is 2.27. The van der Waals surface area contributed by atoms with Crippen LogP contribution in [0.2, 0.25) is 5.02 Å². The van der Waals surface area contributed by atoms with Crippen LogP contribution in [0.4, 0.5) is 0 Å². The fourth-order valence-electron chi connectivity index (χ4n) is 2.23. The summed E-state index contributed by atoms with van der Waals surface area (Å²) in [7, 11) is 1.93. The van der Waals surface area contributed by atoms with E-state index in [1.807, 2.05) is 17.8 Å². The summed E-state index contributed by atoms with van der Waals surface area (Å²) in [4.78, 5) is 8.67. The SMILES string of the molecule is CCNC(Cc1c(Cl)c(CC)nn1C)c1ncccn1. The molecule has 0 amide bonds. The van der Waals surface area contributed by atoms with Crippen molar-refractivity contribution in [2.24, 2.45) is 7.05 Å². The molecule has 0 aliphatic rings. The second-order valence-electron chi connectivity index (χ2n) is 4.61. The van der Waals surface area contributed by atoms with Gasteiger partial charge in [0.05, 0.1) is 22.5 Å². The van der Waals surface area contributed by atoms with Crippen molar-refractivity contribution in [1.82, 2.24) is 25.1 Å². The number of nitrogens with zero attached hydrogens (tertiary/aromatic N) is 4. The maximum Gasteiger partial charge on any atom is 0.145 e. The van der Waals surface area contributed by atoms with Crippen molar-refractivity contribution >= 4 is 11.6 Å². The molecule has 0 saturated carbocycles. The Morgan fingerprint density at radius 3 is 2.55 bits per heavy atom. The third-order valence-electron chi connectivity index (χ3n) is 3.25. The van der Waals surface area contributed by atoms with Crippen LogP contribution in [-0.4, -0.2) is 26.3 Å². The molecule has 0 radical (unpaired) electrons. The van der Waals surface area contributed by atoms with Gasteiger partial charge in [-0.3, -0.25) is 4.68 Å². The van der Waals surface area contributed by atoms with Crippen LogP contribution in [0.25, 0.3) is 0 Å². The van der Waals surface area contributed by atoms with Crippen LogP contribution in [-0.2, 0) is 19.9 Å². The first-order chi connectivity index (χ1) is 9.67. The summed E-state index contributed by atoms with van der Waals surface area (Å²) in [6.07, 6.45) is 5.07. The van der Waals surface area contributed by atoms with Crippen molar-refractivity contribution < 1.29 is 0 Å². The molecule has 1 atom stereocenters. The molecule has 2 aromatic rings. The summed E-state index contributed by atoms with van der Waals surface area (Å²) in [6.45, 7) is 4.97. The lowest BCUT2D eigenvalue weighted by Gasteiger charge is -2.16. The Morgan fingerprint density at radius 1 is 1.30 bits per heavy atom. The molecular weight excluding hydrogens is 274 g/mol. The van der Waals surface area contributed by atoms with Gasteiger partial charge >= 0.3 is 0 Å². The molecule has 1 N–H and O–H groups in total. The Hall–Kier alpha value is -1.46. The standard InChI is InChI=1S/C14H20ClN5/c1-4-10-13(15)12(20(3)19-10)9-11(16-5-2)14-17-7-6-8-18-14/h6-8,11,16H,4-5,9H2,1-3H3. The molecule has 0 fully saturated rings. The fourth-order valence-corrected chi connectivity index (χ4v) is 2.60. The summed E-state index contributed by atoms with van der Waals surface area (Å²) in [5, 5.41) is 8.61. The summed E-state index contributed by atoms with van der Waals surface area (Å²) in [6, 6.07) is 1.86. The van der Waals surface area contributed by atoms with Crippen molar-refractivity contribution in [2.75, 3.05) is 6.54 Å². The molecule has 6 heteroatoms. The molecule has 0 spiro atoms. The maximum atomic E-state index is 6.41. The molecule has 0 aromatic carbocycles. The highest BCUT2D eigenvalue weighted by Gasteiger charge is 2.20. The smallest absolute Gasteiger partial charge is 0.145 e. The molecule has 5 nitrogen and oxygen atoms in total. The monoisotopic (exact) mass is 293 g/mol. The van der Waals surface area contributed by atoms with Crippen LogP contribution < -0.4 is 5.32 Å². The van der Waals surface area contributed by atoms with Gasteiger partial charge in [-0.15, -0.1) is 0 Å². The number of halogens is 1. The third-order valence-corrected chi connectivity index (χ3v) is 3.68. The van der Waals surface area contributed by atoms with Crippen LogP contribution in [0.1, 0.15) is 37.1 Å². The number of aryl methyl sites for hydroxylation is 2. The lowest BCUT2D eigenvalue weighted by Crippen LogP contribution is -2.25. The zero-order valence-electron chi connectivity index (χ0n) is 12.1. The zero-order chi connectivity index (χ0) is 14.5. The number of hydrogen-bond acceptors (Lipinski definition) is 4. The van der Waals surface area contributed by atoms with Gasteiger partial charge in [-0.2, -0.15) is 5.10 Å². The molecule has 0 aliphatic carbocycles. The van der Waals surface area contributed by atoms with Crippen molar-refractivity contribution in [2.45, 2.75) is 32.7 Å². The van der Waals surface area contributed by atoms with Crippen LogP contribution >= 0.6 is 11.6 Å². The number of aromatic nitrogens is 4. The summed E-state index contributed by atoms with van der Waals surface area (Å²) < 4.78 is 1.86. The fraction of sp³-hybridized carbons (Fsp3) is 0.500. The minimum absolute atomic E-state index is 0.0406. The molecule has 0 saturated heterocycles. The van der Waals surface area contributed by atoms with Crippen LogP contribution in [0.5, 0.6) is 0 Å². The predicted molar refractivity (Wildman–Crippen MR) is 79.7 cm³/mol. The Kier molecular flexibility index (Phi) is 5.09. The van der Waals surface area contributed by atoms with E-state index in [1.54, 1.807) is 12.4 Å². The lowest BCUT2D eigenvalue weighted by atomic mass is 10.1. The summed E-state index contributed by atoms with van der Waals surface area (Å²) in [5.41, 5.74) is 1.95. The van der Waals surface area contributed by atoms with E-state index in [2.05, 4.69) is 34.2 Å². The van der Waals surface area contributed by atoms with E-state index in [0.29, 0.717) is 0 Å². The Labute approximate surface area is 124 Å². The summed E-state index contributed by atoms with van der Waals surface area (Å²) >= 11 is 6.41. The van der Waals surface area contributed by atoms with Gasteiger partial charge in [0.2, 0.25) is 0 Å². The average Bonchev–Trinajstić information content (AvgIpc) is 2.75. The zero-order valence-corrected chi connectivity index (χ0v) is 12.9. The Bertz CT molecular complexity index is 552. The molecule has 2 heterocycles. The van der Waals surface area contributed by atoms with Crippen molar-refractivity contribution in [1.29, 1.82) is 0 Å². The lowest BCUT2D eigenvalue weighted by molar-refractivity contribution is 0.504. The van der Waals surface area contributed by atoms with E-state index < -0.39 is 0 Å². The summed E-state index contributed by atoms with van der Waals surface area (Å²) in [5.74, 6) is 0.782. The van der Waals surface area contributed by atoms with Gasteiger partial charge in [0.1, 0.15) is 5.82 Å². The second-order valence-corrected chi connectivity index (χ2v) is 4.98. The average molecular weight is 294 g/mol. The van der Waals surface area contributed by atoms with Gasteiger partial charge in [-0.05, 0) is 19.0 Å². The van der Waals surface area contributed by atoms with Gasteiger partial charge in [0, 0.05) is 25.9 Å². The number of rotatable bonds is 6. The molecule has 0 bridgehead atoms. The molecule has 108 valence electrons. The quantitative estimate of drug-likeness (QED) is 0.888. The highest BCUT2D eigenvalue weighted by molar-refractivity contribution is 6.31. The highest BCUT2D eigenvalue weighted by Crippen LogP contribution is 2.25. The van der Waals surface area contributed by atoms with E-state index in [4.69, 9.17) is 11.6 Å². The van der Waals surface area contributed by atoms with E-state index in [-0.39, 0.29) is 6.04 Å². The van der Waals surface area contributed by atoms with Crippen molar-refractivity contribution in [3.63, 3.8) is 0 Å². The minimum Gasteiger partial charge on any atom is -0.307 e. The molecule has 2 aromatic heterocycles. The molecule has 20 heavy (non-hydrogen) atoms. The predicted octanol–water partition coefficient (Wildman–Crippen LogP) is 2.32. The molecular formula is C14H20ClN5. The molecule has 0 aliphatic heterocycles. The second kappa shape index (κ2) is 6.81. The van der Waals surface area contributed by atoms with Gasteiger partial charge < -0.3 is 5.32 Å². The van der Waals surface area contributed by atoms with Crippen LogP contribution in [0.15, 0.2) is 18.5 Å². The van der Waals surface area contributed by atoms with Crippen LogP contribution in [0, 0.1) is 0 Å². The normalized spacial score (nSPS) is 12.6. The van der Waals surface area contributed by atoms with Gasteiger partial charge in [0.25, 0.3) is 0 Å². The van der Waals surface area contributed by atoms with E-state index in [0.717, 1.165) is 41.6 Å². The van der Waals surface area contributed by atoms with Crippen molar-refractivity contribution in [3.05, 3.63) is 40.7 Å². The highest BCUT2D eigenvalue weighted by atomic mass is 35.5. The van der Waals surface area contributed by atoms with E-state index in [1.165, 1.54) is 0 Å². The third kappa shape index (κ3) is 3.16. The largest absolute Gasteiger partial charge is 0.307 e. The minimum atomic E-state index is 0.0406.